The molecule has 0 aromatic heterocycles. The molecule has 1 aliphatic heterocycles. The summed E-state index contributed by atoms with van der Waals surface area (Å²) in [6.07, 6.45) is 19.5. The zero-order valence-electron chi connectivity index (χ0n) is 19.6. The third kappa shape index (κ3) is 15.7. The Morgan fingerprint density at radius 2 is 1.17 bits per heavy atom. The molecule has 7 heteroatoms. The summed E-state index contributed by atoms with van der Waals surface area (Å²) in [5.41, 5.74) is 0. The minimum absolute atomic E-state index is 0.418. The second-order valence-corrected chi connectivity index (χ2v) is 10.8. The Morgan fingerprint density at radius 3 is 1.57 bits per heavy atom. The van der Waals surface area contributed by atoms with Crippen LogP contribution in [-0.4, -0.2) is 30.7 Å². The van der Waals surface area contributed by atoms with Crippen molar-refractivity contribution >= 4 is 24.8 Å². The van der Waals surface area contributed by atoms with Gasteiger partial charge in [0.2, 0.25) is 0 Å². The molecule has 0 spiro atoms. The predicted octanol–water partition coefficient (Wildman–Crippen LogP) is 8.53. The Hall–Kier alpha value is -0.0300. The van der Waals surface area contributed by atoms with Gasteiger partial charge in [-0.15, -0.1) is 0 Å². The number of unbranched alkanes of at least 4 members (excludes halogenated alkanes) is 14. The minimum Gasteiger partial charge on any atom is -0.380 e. The molecule has 0 fully saturated rings. The van der Waals surface area contributed by atoms with Crippen LogP contribution in [0.1, 0.15) is 117 Å². The Morgan fingerprint density at radius 1 is 0.733 bits per heavy atom. The quantitative estimate of drug-likeness (QED) is 0.126. The van der Waals surface area contributed by atoms with Crippen LogP contribution in [0.5, 0.6) is 0 Å². The van der Waals surface area contributed by atoms with Crippen LogP contribution >= 0.6 is 19.6 Å². The van der Waals surface area contributed by atoms with Gasteiger partial charge in [-0.2, -0.15) is 0 Å². The van der Waals surface area contributed by atoms with E-state index in [1.54, 1.807) is 0 Å². The lowest BCUT2D eigenvalue weighted by Gasteiger charge is -2.18. The van der Waals surface area contributed by atoms with Gasteiger partial charge in [0.25, 0.3) is 5.23 Å². The number of phosphoric ester groups is 1. The van der Waals surface area contributed by atoms with Gasteiger partial charge in [-0.05, 0) is 12.8 Å². The molecule has 0 atom stereocenters. The highest BCUT2D eigenvalue weighted by Gasteiger charge is 2.31. The van der Waals surface area contributed by atoms with E-state index in [2.05, 4.69) is 18.8 Å². The average molecular weight is 464 g/mol. The second kappa shape index (κ2) is 19.6. The van der Waals surface area contributed by atoms with Crippen LogP contribution in [0.2, 0.25) is 0 Å². The Labute approximate surface area is 190 Å². The Kier molecular flexibility index (Phi) is 18.3. The van der Waals surface area contributed by atoms with E-state index in [0.717, 1.165) is 31.4 Å². The lowest BCUT2D eigenvalue weighted by atomic mass is 10.1. The first-order valence-corrected chi connectivity index (χ1v) is 14.9. The van der Waals surface area contributed by atoms with Crippen LogP contribution in [0, 0.1) is 0 Å². The maximum atomic E-state index is 13.0. The van der Waals surface area contributed by atoms with Crippen LogP contribution in [-0.2, 0) is 18.1 Å². The van der Waals surface area contributed by atoms with Crippen molar-refractivity contribution in [2.45, 2.75) is 117 Å². The highest BCUT2D eigenvalue weighted by atomic mass is 32.2. The van der Waals surface area contributed by atoms with Crippen LogP contribution in [0.4, 0.5) is 0 Å². The van der Waals surface area contributed by atoms with Crippen LogP contribution in [0.15, 0.2) is 4.99 Å². The number of phosphoric acid groups is 1. The lowest BCUT2D eigenvalue weighted by Crippen LogP contribution is -2.05. The van der Waals surface area contributed by atoms with Gasteiger partial charge in [0.15, 0.2) is 0 Å². The molecule has 0 radical (unpaired) electrons. The van der Waals surface area contributed by atoms with Gasteiger partial charge in [0.1, 0.15) is 0 Å². The summed E-state index contributed by atoms with van der Waals surface area (Å²) in [7, 11) is -3.56. The molecule has 0 unspecified atom stereocenters. The number of thioether (sulfide) groups is 1. The zero-order chi connectivity index (χ0) is 21.8. The number of hydrogen-bond acceptors (Lipinski definition) is 6. The van der Waals surface area contributed by atoms with E-state index < -0.39 is 7.82 Å². The molecule has 178 valence electrons. The second-order valence-electron chi connectivity index (χ2n) is 8.15. The summed E-state index contributed by atoms with van der Waals surface area (Å²) >= 11 is 1.48. The van der Waals surface area contributed by atoms with Crippen molar-refractivity contribution < 1.29 is 18.1 Å². The summed E-state index contributed by atoms with van der Waals surface area (Å²) in [5.74, 6) is 0.866. The van der Waals surface area contributed by atoms with Crippen molar-refractivity contribution in [3.63, 3.8) is 0 Å². The first-order valence-electron chi connectivity index (χ1n) is 12.5. The molecule has 0 N–H and O–H groups in total. The molecular weight excluding hydrogens is 417 g/mol. The molecule has 5 nitrogen and oxygen atoms in total. The number of rotatable bonds is 21. The van der Waals surface area contributed by atoms with Crippen LogP contribution in [0.3, 0.4) is 0 Å². The van der Waals surface area contributed by atoms with Crippen LogP contribution < -0.4 is 0 Å². The van der Waals surface area contributed by atoms with Crippen LogP contribution in [0.25, 0.3) is 0 Å². The third-order valence-electron chi connectivity index (χ3n) is 5.24. The van der Waals surface area contributed by atoms with Crippen molar-refractivity contribution in [2.75, 3.05) is 25.5 Å². The van der Waals surface area contributed by atoms with E-state index in [9.17, 15) is 4.57 Å². The van der Waals surface area contributed by atoms with Crippen molar-refractivity contribution in [1.82, 2.24) is 0 Å². The molecule has 0 amide bonds. The van der Waals surface area contributed by atoms with Gasteiger partial charge < -0.3 is 4.52 Å². The van der Waals surface area contributed by atoms with E-state index in [1.807, 2.05) is 0 Å². The average Bonchev–Trinajstić information content (AvgIpc) is 3.24. The van der Waals surface area contributed by atoms with E-state index in [4.69, 9.17) is 13.6 Å². The summed E-state index contributed by atoms with van der Waals surface area (Å²) in [6, 6.07) is 0. The predicted molar refractivity (Wildman–Crippen MR) is 131 cm³/mol. The largest absolute Gasteiger partial charge is 0.531 e. The molecular formula is C23H46NO4PS. The topological polar surface area (TPSA) is 57.1 Å². The van der Waals surface area contributed by atoms with Gasteiger partial charge in [-0.3, -0.25) is 9.05 Å². The number of hydrogen-bond donors (Lipinski definition) is 0. The Bertz CT molecular complexity index is 450. The smallest absolute Gasteiger partial charge is 0.380 e. The highest BCUT2D eigenvalue weighted by molar-refractivity contribution is 8.14. The normalized spacial score (nSPS) is 14.3. The summed E-state index contributed by atoms with van der Waals surface area (Å²) < 4.78 is 29.8. The molecule has 1 rings (SSSR count). The van der Waals surface area contributed by atoms with Gasteiger partial charge in [0.05, 0.1) is 19.8 Å². The van der Waals surface area contributed by atoms with Crippen molar-refractivity contribution in [2.24, 2.45) is 4.99 Å². The van der Waals surface area contributed by atoms with Crippen molar-refractivity contribution in [1.29, 1.82) is 0 Å². The molecule has 0 saturated carbocycles. The molecule has 0 bridgehead atoms. The van der Waals surface area contributed by atoms with Gasteiger partial charge >= 0.3 is 7.82 Å². The first-order chi connectivity index (χ1) is 14.7. The van der Waals surface area contributed by atoms with Gasteiger partial charge in [-0.1, -0.05) is 116 Å². The maximum Gasteiger partial charge on any atom is 0.531 e. The van der Waals surface area contributed by atoms with E-state index in [-0.39, 0.29) is 0 Å². The highest BCUT2D eigenvalue weighted by Crippen LogP contribution is 2.51. The van der Waals surface area contributed by atoms with Gasteiger partial charge in [0, 0.05) is 5.75 Å². The van der Waals surface area contributed by atoms with Crippen molar-refractivity contribution in [3.05, 3.63) is 0 Å². The summed E-state index contributed by atoms with van der Waals surface area (Å²) in [5, 5.41) is 0.449. The van der Waals surface area contributed by atoms with Crippen molar-refractivity contribution in [3.8, 4) is 0 Å². The molecule has 0 aromatic carbocycles. The number of aliphatic imine (C=N–C) groups is 1. The van der Waals surface area contributed by atoms with E-state index in [0.29, 0.717) is 25.0 Å². The summed E-state index contributed by atoms with van der Waals surface area (Å²) in [6.45, 7) is 6.02. The Balaban J connectivity index is 2.18. The van der Waals surface area contributed by atoms with E-state index >= 15 is 0 Å². The molecule has 1 heterocycles. The fourth-order valence-electron chi connectivity index (χ4n) is 3.38. The standard InChI is InChI=1S/C23H46NO4PS/c1-3-5-7-9-11-13-15-17-20-26-29(25,28-23-24-19-22-30-23)27-21-18-16-14-12-10-8-6-4-2/h3-22H2,1-2H3. The molecule has 0 aromatic rings. The monoisotopic (exact) mass is 463 g/mol. The zero-order valence-corrected chi connectivity index (χ0v) is 21.3. The third-order valence-corrected chi connectivity index (χ3v) is 7.61. The minimum atomic E-state index is -3.56. The summed E-state index contributed by atoms with van der Waals surface area (Å²) in [4.78, 5) is 4.23. The fraction of sp³-hybridized carbons (Fsp3) is 0.957. The van der Waals surface area contributed by atoms with Gasteiger partial charge in [-0.25, -0.2) is 9.56 Å². The van der Waals surface area contributed by atoms with E-state index in [1.165, 1.54) is 88.8 Å². The maximum absolute atomic E-state index is 13.0. The molecule has 1 aliphatic rings. The number of nitrogens with zero attached hydrogens (tertiary/aromatic N) is 1. The SMILES string of the molecule is CCCCCCCCCCOP(=O)(OCCCCCCCCCC)OC1=NCCS1. The lowest BCUT2D eigenvalue weighted by molar-refractivity contribution is 0.149. The first kappa shape index (κ1) is 28.0. The molecule has 0 aliphatic carbocycles. The molecule has 30 heavy (non-hydrogen) atoms. The fourth-order valence-corrected chi connectivity index (χ4v) is 5.54. The molecule has 0 saturated heterocycles.